The molecule has 88 valence electrons. The molecule has 0 aromatic rings. The van der Waals surface area contributed by atoms with Crippen LogP contribution in [-0.4, -0.2) is 23.8 Å². The molecule has 15 heavy (non-hydrogen) atoms. The summed E-state index contributed by atoms with van der Waals surface area (Å²) in [7, 11) is -8.48. The van der Waals surface area contributed by atoms with Crippen LogP contribution in [-0.2, 0) is 35.3 Å². The van der Waals surface area contributed by atoms with Gasteiger partial charge in [0.25, 0.3) is 0 Å². The number of rotatable bonds is 4. The maximum Gasteiger partial charge on any atom is 4.00 e. The largest absolute Gasteiger partial charge is 4.00 e. The van der Waals surface area contributed by atoms with Gasteiger partial charge in [-0.15, -0.1) is 0 Å². The van der Waals surface area contributed by atoms with Crippen LogP contribution in [0.25, 0.3) is 0 Å². The van der Waals surface area contributed by atoms with E-state index in [0.717, 1.165) is 0 Å². The smallest absolute Gasteiger partial charge is 0.811 e. The Hall–Kier alpha value is 1.88. The number of thiol groups is 2. The second-order valence-electron chi connectivity index (χ2n) is 2.12. The molecule has 0 heterocycles. The Balaban J connectivity index is -0.000000180. The van der Waals surface area contributed by atoms with Crippen molar-refractivity contribution in [3.05, 3.63) is 0 Å². The summed E-state index contributed by atoms with van der Waals surface area (Å²) in [5, 5.41) is 0. The van der Waals surface area contributed by atoms with Gasteiger partial charge in [-0.1, -0.05) is 15.2 Å². The number of hydrogen-bond donors (Lipinski definition) is 2. The van der Waals surface area contributed by atoms with Gasteiger partial charge in [-0.2, -0.15) is 25.3 Å². The Kier molecular flexibility index (Phi) is 16.2. The van der Waals surface area contributed by atoms with E-state index in [1.165, 1.54) is 0 Å². The molecule has 0 N–H and O–H groups in total. The van der Waals surface area contributed by atoms with Crippen molar-refractivity contribution in [1.29, 1.82) is 0 Å². The van der Waals surface area contributed by atoms with Crippen LogP contribution in [0.4, 0.5) is 0 Å². The molecule has 0 amide bonds. The summed E-state index contributed by atoms with van der Waals surface area (Å²) < 4.78 is 19.3. The van der Waals surface area contributed by atoms with Crippen LogP contribution < -0.4 is 19.6 Å². The van der Waals surface area contributed by atoms with Gasteiger partial charge in [0.05, 0.1) is 0 Å². The second kappa shape index (κ2) is 11.0. The molecular formula is C4H10O6P2S2Zr. The average Bonchev–Trinajstić information content (AvgIpc) is 1.81. The Morgan fingerprint density at radius 2 is 1.00 bits per heavy atom. The van der Waals surface area contributed by atoms with Gasteiger partial charge in [-0.3, -0.25) is 0 Å². The van der Waals surface area contributed by atoms with Crippen molar-refractivity contribution in [3.8, 4) is 0 Å². The molecule has 0 rings (SSSR count). The molecule has 0 saturated heterocycles. The molecule has 0 aromatic heterocycles. The summed E-state index contributed by atoms with van der Waals surface area (Å²) in [4.78, 5) is 38.6. The maximum atomic E-state index is 9.65. The van der Waals surface area contributed by atoms with Gasteiger partial charge < -0.3 is 28.7 Å². The molecule has 11 heteroatoms. The van der Waals surface area contributed by atoms with E-state index in [1.807, 2.05) is 0 Å². The molecule has 0 fully saturated rings. The van der Waals surface area contributed by atoms with E-state index in [4.69, 9.17) is 0 Å². The normalized spacial score (nSPS) is 11.1. The predicted octanol–water partition coefficient (Wildman–Crippen LogP) is -2.34. The van der Waals surface area contributed by atoms with Crippen LogP contribution in [0.3, 0.4) is 0 Å². The zero-order chi connectivity index (χ0) is 11.8. The van der Waals surface area contributed by atoms with Crippen molar-refractivity contribution in [2.45, 2.75) is 0 Å². The SMILES string of the molecule is O=P([O-])([O-])CCS.O=P([O-])([O-])CCS.[Zr+4]. The summed E-state index contributed by atoms with van der Waals surface area (Å²) in [5.74, 6) is 0.231. The van der Waals surface area contributed by atoms with E-state index in [2.05, 4.69) is 25.3 Å². The standard InChI is InChI=1S/2C2H7O3PS.Zr/c2*3-6(4,5)1-2-7;/h2*7H,1-2H2,(H2,3,4,5);/q;;+4/p-4. The Morgan fingerprint density at radius 1 is 0.800 bits per heavy atom. The Labute approximate surface area is 119 Å². The molecule has 0 aliphatic heterocycles. The van der Waals surface area contributed by atoms with Crippen molar-refractivity contribution in [3.63, 3.8) is 0 Å². The summed E-state index contributed by atoms with van der Waals surface area (Å²) in [6.07, 6.45) is -0.702. The van der Waals surface area contributed by atoms with E-state index in [-0.39, 0.29) is 50.0 Å². The van der Waals surface area contributed by atoms with Crippen molar-refractivity contribution >= 4 is 40.4 Å². The molecule has 0 spiro atoms. The van der Waals surface area contributed by atoms with Gasteiger partial charge in [0.1, 0.15) is 0 Å². The topological polar surface area (TPSA) is 126 Å². The molecule has 0 aliphatic carbocycles. The van der Waals surface area contributed by atoms with E-state index in [0.29, 0.717) is 0 Å². The summed E-state index contributed by atoms with van der Waals surface area (Å²) in [5.41, 5.74) is 0. The molecular weight excluding hydrogens is 361 g/mol. The predicted molar refractivity (Wildman–Crippen MR) is 52.7 cm³/mol. The summed E-state index contributed by atoms with van der Waals surface area (Å²) in [6.45, 7) is 0. The van der Waals surface area contributed by atoms with E-state index in [9.17, 15) is 28.7 Å². The van der Waals surface area contributed by atoms with Gasteiger partial charge in [0.2, 0.25) is 0 Å². The van der Waals surface area contributed by atoms with Crippen molar-refractivity contribution in [2.75, 3.05) is 23.8 Å². The van der Waals surface area contributed by atoms with E-state index >= 15 is 0 Å². The molecule has 0 aromatic carbocycles. The third kappa shape index (κ3) is 31.3. The van der Waals surface area contributed by atoms with E-state index in [1.54, 1.807) is 0 Å². The number of hydrogen-bond acceptors (Lipinski definition) is 8. The first-order chi connectivity index (χ1) is 6.12. The first-order valence-corrected chi connectivity index (χ1v) is 8.08. The van der Waals surface area contributed by atoms with Crippen LogP contribution in [0.15, 0.2) is 0 Å². The first-order valence-electron chi connectivity index (χ1n) is 3.36. The molecule has 0 saturated carbocycles. The van der Waals surface area contributed by atoms with Gasteiger partial charge in [-0.05, 0) is 23.8 Å². The molecule has 0 atom stereocenters. The van der Waals surface area contributed by atoms with Gasteiger partial charge in [0, 0.05) is 0 Å². The van der Waals surface area contributed by atoms with Crippen LogP contribution >= 0.6 is 40.4 Å². The summed E-state index contributed by atoms with van der Waals surface area (Å²) >= 11 is 7.08. The van der Waals surface area contributed by atoms with Crippen molar-refractivity contribution < 1.29 is 54.9 Å². The molecule has 0 bridgehead atoms. The van der Waals surface area contributed by atoms with Crippen molar-refractivity contribution in [2.24, 2.45) is 0 Å². The minimum atomic E-state index is -4.24. The van der Waals surface area contributed by atoms with Crippen LogP contribution in [0.2, 0.25) is 0 Å². The first kappa shape index (κ1) is 22.1. The molecule has 0 aliphatic rings. The fourth-order valence-corrected chi connectivity index (χ4v) is 2.20. The maximum absolute atomic E-state index is 9.65. The summed E-state index contributed by atoms with van der Waals surface area (Å²) in [6, 6.07) is 0. The molecule has 0 radical (unpaired) electrons. The average molecular weight is 371 g/mol. The van der Waals surface area contributed by atoms with Crippen LogP contribution in [0.5, 0.6) is 0 Å². The van der Waals surface area contributed by atoms with Crippen molar-refractivity contribution in [1.82, 2.24) is 0 Å². The Bertz CT molecular complexity index is 203. The minimum Gasteiger partial charge on any atom is -0.811 e. The van der Waals surface area contributed by atoms with Crippen LogP contribution in [0.1, 0.15) is 0 Å². The fraction of sp³-hybridized carbons (Fsp3) is 1.00. The fourth-order valence-electron chi connectivity index (χ4n) is 0.245. The molecule has 6 nitrogen and oxygen atoms in total. The third-order valence-corrected chi connectivity index (χ3v) is 3.44. The monoisotopic (exact) mass is 370 g/mol. The van der Waals surface area contributed by atoms with Gasteiger partial charge >= 0.3 is 26.2 Å². The van der Waals surface area contributed by atoms with Gasteiger partial charge in [-0.25, -0.2) is 0 Å². The zero-order valence-electron chi connectivity index (χ0n) is 7.57. The third-order valence-electron chi connectivity index (χ3n) is 0.748. The molecule has 0 unspecified atom stereocenters. The van der Waals surface area contributed by atoms with E-state index < -0.39 is 15.2 Å². The second-order valence-corrected chi connectivity index (χ2v) is 6.35. The van der Waals surface area contributed by atoms with Gasteiger partial charge in [0.15, 0.2) is 0 Å². The quantitative estimate of drug-likeness (QED) is 0.421. The Morgan fingerprint density at radius 3 is 1.00 bits per heavy atom. The zero-order valence-corrected chi connectivity index (χ0v) is 13.6. The minimum absolute atomic E-state index is 0. The van der Waals surface area contributed by atoms with Crippen LogP contribution in [0, 0.1) is 0 Å².